The van der Waals surface area contributed by atoms with Crippen molar-refractivity contribution in [3.05, 3.63) is 42.1 Å². The second kappa shape index (κ2) is 5.06. The van der Waals surface area contributed by atoms with E-state index in [9.17, 15) is 0 Å². The van der Waals surface area contributed by atoms with Gasteiger partial charge in [0.15, 0.2) is 0 Å². The number of ether oxygens (including phenoxy) is 2. The fraction of sp³-hybridized carbons (Fsp3) is 0.154. The second-order valence-electron chi connectivity index (χ2n) is 3.44. The Morgan fingerprint density at radius 3 is 2.94 bits per heavy atom. The van der Waals surface area contributed by atoms with Gasteiger partial charge in [-0.2, -0.15) is 0 Å². The highest BCUT2D eigenvalue weighted by Gasteiger charge is 2.05. The number of hydrogen-bond donors (Lipinski definition) is 0. The minimum atomic E-state index is 0.402. The molecule has 0 N–H and O–H groups in total. The first-order valence-electron chi connectivity index (χ1n) is 5.12. The molecule has 4 heteroatoms. The van der Waals surface area contributed by atoms with Crippen molar-refractivity contribution in [1.29, 1.82) is 0 Å². The summed E-state index contributed by atoms with van der Waals surface area (Å²) >= 11 is 6.08. The molecule has 0 atom stereocenters. The molecule has 0 fully saturated rings. The van der Waals surface area contributed by atoms with E-state index in [1.807, 2.05) is 24.3 Å². The molecule has 0 bridgehead atoms. The lowest BCUT2D eigenvalue weighted by Gasteiger charge is -2.07. The maximum atomic E-state index is 6.08. The van der Waals surface area contributed by atoms with Gasteiger partial charge in [0, 0.05) is 11.5 Å². The zero-order valence-electron chi connectivity index (χ0n) is 9.44. The van der Waals surface area contributed by atoms with Crippen LogP contribution in [0.4, 0.5) is 0 Å². The Kier molecular flexibility index (Phi) is 3.49. The van der Waals surface area contributed by atoms with Crippen LogP contribution in [0.15, 0.2) is 36.9 Å². The molecule has 3 nitrogen and oxygen atoms in total. The molecule has 0 aliphatic carbocycles. The fourth-order valence-corrected chi connectivity index (χ4v) is 1.77. The monoisotopic (exact) mass is 249 g/mol. The number of hydrogen-bond acceptors (Lipinski definition) is 3. The first-order chi connectivity index (χ1) is 8.24. The number of fused-ring (bicyclic) bond motifs is 1. The van der Waals surface area contributed by atoms with E-state index in [0.717, 1.165) is 16.5 Å². The topological polar surface area (TPSA) is 31.4 Å². The van der Waals surface area contributed by atoms with Crippen LogP contribution in [0.2, 0.25) is 5.15 Å². The van der Waals surface area contributed by atoms with Crippen molar-refractivity contribution in [2.45, 2.75) is 0 Å². The molecular weight excluding hydrogens is 238 g/mol. The molecule has 88 valence electrons. The molecule has 0 radical (unpaired) electrons. The highest BCUT2D eigenvalue weighted by Crippen LogP contribution is 2.28. The van der Waals surface area contributed by atoms with Crippen LogP contribution in [0.3, 0.4) is 0 Å². The second-order valence-corrected chi connectivity index (χ2v) is 3.80. The third-order valence-corrected chi connectivity index (χ3v) is 2.61. The highest BCUT2D eigenvalue weighted by molar-refractivity contribution is 6.34. The van der Waals surface area contributed by atoms with Crippen LogP contribution in [0.1, 0.15) is 0 Å². The average Bonchev–Trinajstić information content (AvgIpc) is 2.35. The number of benzene rings is 1. The molecule has 1 aromatic heterocycles. The van der Waals surface area contributed by atoms with Gasteiger partial charge in [0.05, 0.1) is 7.11 Å². The Hall–Kier alpha value is -1.74. The molecule has 0 spiro atoms. The quantitative estimate of drug-likeness (QED) is 0.614. The largest absolute Gasteiger partial charge is 0.497 e. The van der Waals surface area contributed by atoms with Gasteiger partial charge in [-0.3, -0.25) is 0 Å². The first kappa shape index (κ1) is 11.7. The lowest BCUT2D eigenvalue weighted by atomic mass is 10.2. The molecule has 0 aliphatic rings. The van der Waals surface area contributed by atoms with Gasteiger partial charge in [0.2, 0.25) is 5.88 Å². The minimum Gasteiger partial charge on any atom is -0.497 e. The van der Waals surface area contributed by atoms with Crippen LogP contribution in [-0.4, -0.2) is 18.7 Å². The number of nitrogens with zero attached hydrogens (tertiary/aromatic N) is 1. The van der Waals surface area contributed by atoms with Crippen molar-refractivity contribution in [2.24, 2.45) is 0 Å². The molecule has 0 unspecified atom stereocenters. The van der Waals surface area contributed by atoms with Crippen LogP contribution in [-0.2, 0) is 0 Å². The van der Waals surface area contributed by atoms with Crippen molar-refractivity contribution in [1.82, 2.24) is 4.98 Å². The normalized spacial score (nSPS) is 10.2. The third-order valence-electron chi connectivity index (χ3n) is 2.32. The predicted octanol–water partition coefficient (Wildman–Crippen LogP) is 3.46. The van der Waals surface area contributed by atoms with Gasteiger partial charge in [-0.15, -0.1) is 0 Å². The van der Waals surface area contributed by atoms with Crippen molar-refractivity contribution >= 4 is 22.4 Å². The molecule has 17 heavy (non-hydrogen) atoms. The summed E-state index contributed by atoms with van der Waals surface area (Å²) < 4.78 is 10.5. The van der Waals surface area contributed by atoms with E-state index in [2.05, 4.69) is 11.6 Å². The van der Waals surface area contributed by atoms with Crippen molar-refractivity contribution in [3.8, 4) is 11.6 Å². The molecular formula is C13H12ClNO2. The van der Waals surface area contributed by atoms with Crippen molar-refractivity contribution < 1.29 is 9.47 Å². The van der Waals surface area contributed by atoms with Gasteiger partial charge in [-0.25, -0.2) is 4.98 Å². The van der Waals surface area contributed by atoms with E-state index in [1.165, 1.54) is 0 Å². The van der Waals surface area contributed by atoms with E-state index < -0.39 is 0 Å². The van der Waals surface area contributed by atoms with E-state index in [1.54, 1.807) is 13.2 Å². The van der Waals surface area contributed by atoms with Gasteiger partial charge in [0.25, 0.3) is 0 Å². The lowest BCUT2D eigenvalue weighted by Crippen LogP contribution is -1.96. The third kappa shape index (κ3) is 2.50. The Bertz CT molecular complexity index is 554. The molecule has 2 rings (SSSR count). The Labute approximate surface area is 105 Å². The van der Waals surface area contributed by atoms with E-state index in [4.69, 9.17) is 21.1 Å². The molecule has 0 saturated heterocycles. The van der Waals surface area contributed by atoms with Gasteiger partial charge < -0.3 is 9.47 Å². The number of pyridine rings is 1. The predicted molar refractivity (Wildman–Crippen MR) is 69.0 cm³/mol. The SMILES string of the molecule is C=CCOc1cc2cc(OC)ccc2c(Cl)n1. The summed E-state index contributed by atoms with van der Waals surface area (Å²) in [5.41, 5.74) is 0. The Balaban J connectivity index is 2.49. The van der Waals surface area contributed by atoms with E-state index in [0.29, 0.717) is 17.6 Å². The standard InChI is InChI=1S/C13H12ClNO2/c1-3-6-17-12-8-9-7-10(16-2)4-5-11(9)13(14)15-12/h3-5,7-8H,1,6H2,2H3. The van der Waals surface area contributed by atoms with Crippen LogP contribution in [0.5, 0.6) is 11.6 Å². The molecule has 0 aliphatic heterocycles. The Morgan fingerprint density at radius 2 is 2.24 bits per heavy atom. The van der Waals surface area contributed by atoms with Crippen molar-refractivity contribution in [2.75, 3.05) is 13.7 Å². The number of rotatable bonds is 4. The molecule has 0 amide bonds. The lowest BCUT2D eigenvalue weighted by molar-refractivity contribution is 0.349. The van der Waals surface area contributed by atoms with E-state index >= 15 is 0 Å². The summed E-state index contributed by atoms with van der Waals surface area (Å²) in [6.07, 6.45) is 1.66. The van der Waals surface area contributed by atoms with Crippen LogP contribution >= 0.6 is 11.6 Å². The maximum absolute atomic E-state index is 6.08. The zero-order valence-corrected chi connectivity index (χ0v) is 10.2. The zero-order chi connectivity index (χ0) is 12.3. The summed E-state index contributed by atoms with van der Waals surface area (Å²) in [5.74, 6) is 1.25. The minimum absolute atomic E-state index is 0.402. The molecule has 2 aromatic rings. The number of halogens is 1. The van der Waals surface area contributed by atoms with Gasteiger partial charge in [-0.1, -0.05) is 24.3 Å². The smallest absolute Gasteiger partial charge is 0.215 e. The summed E-state index contributed by atoms with van der Waals surface area (Å²) in [7, 11) is 1.62. The van der Waals surface area contributed by atoms with Gasteiger partial charge in [-0.05, 0) is 23.6 Å². The average molecular weight is 250 g/mol. The maximum Gasteiger partial charge on any atom is 0.215 e. The fourth-order valence-electron chi connectivity index (χ4n) is 1.52. The summed E-state index contributed by atoms with van der Waals surface area (Å²) in [5, 5.41) is 2.23. The van der Waals surface area contributed by atoms with E-state index in [-0.39, 0.29) is 0 Å². The molecule has 1 aromatic carbocycles. The molecule has 1 heterocycles. The number of aromatic nitrogens is 1. The summed E-state index contributed by atoms with van der Waals surface area (Å²) in [6.45, 7) is 3.98. The van der Waals surface area contributed by atoms with Gasteiger partial charge >= 0.3 is 0 Å². The van der Waals surface area contributed by atoms with Crippen LogP contribution < -0.4 is 9.47 Å². The van der Waals surface area contributed by atoms with Gasteiger partial charge in [0.1, 0.15) is 17.5 Å². The van der Waals surface area contributed by atoms with Crippen LogP contribution in [0.25, 0.3) is 10.8 Å². The first-order valence-corrected chi connectivity index (χ1v) is 5.50. The van der Waals surface area contributed by atoms with Crippen molar-refractivity contribution in [3.63, 3.8) is 0 Å². The molecule has 0 saturated carbocycles. The summed E-state index contributed by atoms with van der Waals surface area (Å²) in [4.78, 5) is 4.15. The highest BCUT2D eigenvalue weighted by atomic mass is 35.5. The summed E-state index contributed by atoms with van der Waals surface area (Å²) in [6, 6.07) is 7.44. The van der Waals surface area contributed by atoms with Crippen LogP contribution in [0, 0.1) is 0 Å². The Morgan fingerprint density at radius 1 is 1.41 bits per heavy atom. The number of methoxy groups -OCH3 is 1.